The Morgan fingerprint density at radius 2 is 2.15 bits per heavy atom. The molecule has 1 heterocycles. The van der Waals surface area contributed by atoms with Crippen molar-refractivity contribution in [3.63, 3.8) is 0 Å². The Balaban J connectivity index is 1.43. The molecule has 0 unspecified atom stereocenters. The summed E-state index contributed by atoms with van der Waals surface area (Å²) in [6, 6.07) is 8.82. The molecule has 3 nitrogen and oxygen atoms in total. The number of nitrogens with one attached hydrogen (secondary N) is 1. The van der Waals surface area contributed by atoms with Gasteiger partial charge in [-0.2, -0.15) is 0 Å². The molecule has 0 amide bonds. The second-order valence-electron chi connectivity index (χ2n) is 5.55. The monoisotopic (exact) mass is 289 g/mol. The van der Waals surface area contributed by atoms with Gasteiger partial charge in [-0.05, 0) is 30.4 Å². The van der Waals surface area contributed by atoms with Crippen LogP contribution in [0.5, 0.6) is 0 Å². The average Bonchev–Trinajstić information content (AvgIpc) is 2.79. The number of hydrogen-bond acceptors (Lipinski definition) is 2. The molecule has 2 aromatic rings. The number of halogens is 1. The first-order valence-electron chi connectivity index (χ1n) is 7.18. The van der Waals surface area contributed by atoms with E-state index in [1.54, 1.807) is 0 Å². The molecule has 1 N–H and O–H groups in total. The molecule has 1 aromatic carbocycles. The lowest BCUT2D eigenvalue weighted by Crippen LogP contribution is -2.41. The van der Waals surface area contributed by atoms with Gasteiger partial charge >= 0.3 is 0 Å². The Hall–Kier alpha value is -1.32. The van der Waals surface area contributed by atoms with Crippen LogP contribution in [0.15, 0.2) is 36.7 Å². The highest BCUT2D eigenvalue weighted by atomic mass is 35.5. The van der Waals surface area contributed by atoms with Gasteiger partial charge in [0.05, 0.1) is 0 Å². The lowest BCUT2D eigenvalue weighted by atomic mass is 9.76. The maximum absolute atomic E-state index is 6.24. The van der Waals surface area contributed by atoms with E-state index in [4.69, 9.17) is 11.6 Å². The number of benzene rings is 1. The number of hydrogen-bond donors (Lipinski definition) is 1. The van der Waals surface area contributed by atoms with E-state index in [9.17, 15) is 0 Å². The third-order valence-electron chi connectivity index (χ3n) is 4.19. The van der Waals surface area contributed by atoms with Crippen molar-refractivity contribution < 1.29 is 0 Å². The van der Waals surface area contributed by atoms with E-state index in [-0.39, 0.29) is 0 Å². The molecule has 106 valence electrons. The first-order valence-corrected chi connectivity index (χ1v) is 7.56. The van der Waals surface area contributed by atoms with Gasteiger partial charge in [0, 0.05) is 43.5 Å². The van der Waals surface area contributed by atoms with E-state index in [1.807, 2.05) is 31.6 Å². The summed E-state index contributed by atoms with van der Waals surface area (Å²) >= 11 is 6.24. The van der Waals surface area contributed by atoms with Crippen molar-refractivity contribution in [3.8, 4) is 0 Å². The fourth-order valence-corrected chi connectivity index (χ4v) is 3.16. The molecule has 3 rings (SSSR count). The zero-order chi connectivity index (χ0) is 13.9. The normalized spacial score (nSPS) is 21.7. The van der Waals surface area contributed by atoms with Crippen LogP contribution in [0, 0.1) is 0 Å². The fourth-order valence-electron chi connectivity index (χ4n) is 2.87. The molecule has 1 saturated carbocycles. The Morgan fingerprint density at radius 3 is 2.85 bits per heavy atom. The van der Waals surface area contributed by atoms with Crippen LogP contribution in [0.4, 0.5) is 0 Å². The lowest BCUT2D eigenvalue weighted by Gasteiger charge is -2.36. The van der Waals surface area contributed by atoms with E-state index >= 15 is 0 Å². The van der Waals surface area contributed by atoms with Gasteiger partial charge in [0.25, 0.3) is 0 Å². The van der Waals surface area contributed by atoms with Crippen molar-refractivity contribution >= 4 is 11.6 Å². The summed E-state index contributed by atoms with van der Waals surface area (Å²) in [5.41, 5.74) is 1.30. The zero-order valence-electron chi connectivity index (χ0n) is 11.7. The van der Waals surface area contributed by atoms with E-state index < -0.39 is 0 Å². The zero-order valence-corrected chi connectivity index (χ0v) is 12.5. The summed E-state index contributed by atoms with van der Waals surface area (Å²) in [4.78, 5) is 4.34. The van der Waals surface area contributed by atoms with Gasteiger partial charge in [-0.3, -0.25) is 0 Å². The second kappa shape index (κ2) is 5.98. The molecule has 1 fully saturated rings. The molecular formula is C16H20ClN3. The lowest BCUT2D eigenvalue weighted by molar-refractivity contribution is 0.292. The largest absolute Gasteiger partial charge is 0.338 e. The Labute approximate surface area is 125 Å². The van der Waals surface area contributed by atoms with Gasteiger partial charge in [0.15, 0.2) is 0 Å². The number of nitrogens with zero attached hydrogens (tertiary/aromatic N) is 2. The minimum atomic E-state index is 0.620. The number of aromatic nitrogens is 2. The molecule has 1 aromatic heterocycles. The smallest absolute Gasteiger partial charge is 0.109 e. The Kier molecular flexibility index (Phi) is 4.08. The molecule has 0 bridgehead atoms. The van der Waals surface area contributed by atoms with Crippen molar-refractivity contribution in [2.45, 2.75) is 31.2 Å². The van der Waals surface area contributed by atoms with Crippen molar-refractivity contribution in [3.05, 3.63) is 53.1 Å². The second-order valence-corrected chi connectivity index (χ2v) is 5.95. The summed E-state index contributed by atoms with van der Waals surface area (Å²) in [5, 5.41) is 4.51. The van der Waals surface area contributed by atoms with Crippen molar-refractivity contribution in [1.82, 2.24) is 14.9 Å². The summed E-state index contributed by atoms with van der Waals surface area (Å²) < 4.78 is 2.08. The maximum atomic E-state index is 6.24. The highest BCUT2D eigenvalue weighted by Gasteiger charge is 2.30. The molecule has 0 atom stereocenters. The highest BCUT2D eigenvalue weighted by molar-refractivity contribution is 6.31. The van der Waals surface area contributed by atoms with Crippen LogP contribution in [-0.4, -0.2) is 22.1 Å². The number of rotatable bonds is 5. The van der Waals surface area contributed by atoms with Gasteiger partial charge in [0.2, 0.25) is 0 Å². The van der Waals surface area contributed by atoms with Gasteiger partial charge < -0.3 is 9.88 Å². The minimum absolute atomic E-state index is 0.620. The van der Waals surface area contributed by atoms with Crippen LogP contribution in [0.2, 0.25) is 5.02 Å². The summed E-state index contributed by atoms with van der Waals surface area (Å²) in [6.07, 6.45) is 7.20. The molecule has 20 heavy (non-hydrogen) atoms. The standard InChI is InChI=1S/C16H20ClN3/c1-20-9-8-19-16(20)6-7-18-13-10-12(11-13)14-4-2-3-5-15(14)17/h2-5,8-9,12-13,18H,6-7,10-11H2,1H3. The fraction of sp³-hybridized carbons (Fsp3) is 0.438. The summed E-state index contributed by atoms with van der Waals surface area (Å²) in [7, 11) is 2.04. The topological polar surface area (TPSA) is 29.9 Å². The van der Waals surface area contributed by atoms with Crippen LogP contribution in [0.3, 0.4) is 0 Å². The van der Waals surface area contributed by atoms with Crippen LogP contribution in [0.25, 0.3) is 0 Å². The van der Waals surface area contributed by atoms with Gasteiger partial charge in [-0.15, -0.1) is 0 Å². The molecule has 4 heteroatoms. The molecule has 0 saturated heterocycles. The molecule has 1 aliphatic carbocycles. The van der Waals surface area contributed by atoms with E-state index in [0.29, 0.717) is 12.0 Å². The van der Waals surface area contributed by atoms with Gasteiger partial charge in [-0.1, -0.05) is 29.8 Å². The predicted molar refractivity (Wildman–Crippen MR) is 82.1 cm³/mol. The van der Waals surface area contributed by atoms with Crippen LogP contribution < -0.4 is 5.32 Å². The van der Waals surface area contributed by atoms with Gasteiger partial charge in [-0.25, -0.2) is 4.98 Å². The van der Waals surface area contributed by atoms with Crippen molar-refractivity contribution in [1.29, 1.82) is 0 Å². The third kappa shape index (κ3) is 2.89. The van der Waals surface area contributed by atoms with Crippen LogP contribution in [-0.2, 0) is 13.5 Å². The Morgan fingerprint density at radius 1 is 1.35 bits per heavy atom. The summed E-state index contributed by atoms with van der Waals surface area (Å²) in [6.45, 7) is 0.991. The van der Waals surface area contributed by atoms with Gasteiger partial charge in [0.1, 0.15) is 5.82 Å². The average molecular weight is 290 g/mol. The van der Waals surface area contributed by atoms with Crippen molar-refractivity contribution in [2.24, 2.45) is 7.05 Å². The minimum Gasteiger partial charge on any atom is -0.338 e. The number of aryl methyl sites for hydroxylation is 1. The Bertz CT molecular complexity index is 573. The van der Waals surface area contributed by atoms with E-state index in [1.165, 1.54) is 18.4 Å². The quantitative estimate of drug-likeness (QED) is 0.916. The molecule has 0 spiro atoms. The first kappa shape index (κ1) is 13.7. The summed E-state index contributed by atoms with van der Waals surface area (Å²) in [5.74, 6) is 1.76. The molecule has 0 aliphatic heterocycles. The SMILES string of the molecule is Cn1ccnc1CCNC1CC(c2ccccc2Cl)C1. The molecule has 0 radical (unpaired) electrons. The molecule has 1 aliphatic rings. The molecular weight excluding hydrogens is 270 g/mol. The maximum Gasteiger partial charge on any atom is 0.109 e. The van der Waals surface area contributed by atoms with Crippen LogP contribution >= 0.6 is 11.6 Å². The highest BCUT2D eigenvalue weighted by Crippen LogP contribution is 2.39. The van der Waals surface area contributed by atoms with Crippen LogP contribution in [0.1, 0.15) is 30.1 Å². The first-order chi connectivity index (χ1) is 9.74. The van der Waals surface area contributed by atoms with E-state index in [0.717, 1.165) is 23.8 Å². The predicted octanol–water partition coefficient (Wildman–Crippen LogP) is 3.15. The third-order valence-corrected chi connectivity index (χ3v) is 4.53. The van der Waals surface area contributed by atoms with E-state index in [2.05, 4.69) is 27.0 Å². The number of imidazole rings is 1. The van der Waals surface area contributed by atoms with Crippen molar-refractivity contribution in [2.75, 3.05) is 6.54 Å².